The second kappa shape index (κ2) is 9.70. The Morgan fingerprint density at radius 1 is 1.11 bits per heavy atom. The summed E-state index contributed by atoms with van der Waals surface area (Å²) in [6.45, 7) is 14.6. The summed E-state index contributed by atoms with van der Waals surface area (Å²) in [5.41, 5.74) is -0.285. The van der Waals surface area contributed by atoms with Crippen LogP contribution < -0.4 is 5.32 Å². The summed E-state index contributed by atoms with van der Waals surface area (Å²) in [6, 6.07) is 0.346. The predicted molar refractivity (Wildman–Crippen MR) is 79.5 cm³/mol. The highest BCUT2D eigenvalue weighted by molar-refractivity contribution is 4.85. The standard InChI is InChI=1S/C15H33NO3/c1-12(2)10-18-7-8-19-14(5)9-15(6,11-17)16-13(3)4/h12-14,16-17H,7-11H2,1-6H3. The molecule has 0 bridgehead atoms. The Morgan fingerprint density at radius 3 is 2.21 bits per heavy atom. The van der Waals surface area contributed by atoms with Gasteiger partial charge in [-0.2, -0.15) is 0 Å². The quantitative estimate of drug-likeness (QED) is 0.568. The lowest BCUT2D eigenvalue weighted by atomic mass is 9.95. The van der Waals surface area contributed by atoms with Crippen LogP contribution in [0.2, 0.25) is 0 Å². The maximum Gasteiger partial charge on any atom is 0.0704 e. The molecule has 2 unspecified atom stereocenters. The molecule has 0 aliphatic carbocycles. The Labute approximate surface area is 118 Å². The Bertz CT molecular complexity index is 221. The van der Waals surface area contributed by atoms with Gasteiger partial charge >= 0.3 is 0 Å². The maximum absolute atomic E-state index is 9.51. The van der Waals surface area contributed by atoms with Crippen LogP contribution in [-0.4, -0.2) is 49.2 Å². The zero-order valence-corrected chi connectivity index (χ0v) is 13.5. The first kappa shape index (κ1) is 18.8. The first-order valence-electron chi connectivity index (χ1n) is 7.37. The summed E-state index contributed by atoms with van der Waals surface area (Å²) in [4.78, 5) is 0. The minimum atomic E-state index is -0.285. The van der Waals surface area contributed by atoms with Crippen molar-refractivity contribution >= 4 is 0 Å². The topological polar surface area (TPSA) is 50.7 Å². The lowest BCUT2D eigenvalue weighted by Gasteiger charge is -2.33. The fourth-order valence-electron chi connectivity index (χ4n) is 2.19. The minimum Gasteiger partial charge on any atom is -0.394 e. The lowest BCUT2D eigenvalue weighted by Crippen LogP contribution is -2.51. The highest BCUT2D eigenvalue weighted by Crippen LogP contribution is 2.15. The molecule has 4 nitrogen and oxygen atoms in total. The molecule has 0 aromatic carbocycles. The average Bonchev–Trinajstić information content (AvgIpc) is 2.26. The summed E-state index contributed by atoms with van der Waals surface area (Å²) in [6.07, 6.45) is 0.886. The van der Waals surface area contributed by atoms with Crippen molar-refractivity contribution in [2.45, 2.75) is 65.6 Å². The fourth-order valence-corrected chi connectivity index (χ4v) is 2.19. The van der Waals surface area contributed by atoms with E-state index in [2.05, 4.69) is 33.0 Å². The Kier molecular flexibility index (Phi) is 9.62. The number of hydrogen-bond acceptors (Lipinski definition) is 4. The van der Waals surface area contributed by atoms with Gasteiger partial charge in [-0.1, -0.05) is 27.7 Å². The van der Waals surface area contributed by atoms with Gasteiger partial charge in [0, 0.05) is 18.2 Å². The van der Waals surface area contributed by atoms with Crippen LogP contribution in [-0.2, 0) is 9.47 Å². The summed E-state index contributed by atoms with van der Waals surface area (Å²) < 4.78 is 11.2. The van der Waals surface area contributed by atoms with E-state index in [1.165, 1.54) is 0 Å². The second-order valence-corrected chi connectivity index (χ2v) is 6.37. The molecular weight excluding hydrogens is 242 g/mol. The van der Waals surface area contributed by atoms with Crippen LogP contribution in [0.1, 0.15) is 48.0 Å². The molecule has 4 heteroatoms. The van der Waals surface area contributed by atoms with Crippen LogP contribution in [0.3, 0.4) is 0 Å². The molecule has 0 aliphatic heterocycles. The van der Waals surface area contributed by atoms with E-state index >= 15 is 0 Å². The van der Waals surface area contributed by atoms with Crippen molar-refractivity contribution in [1.82, 2.24) is 5.32 Å². The number of aliphatic hydroxyl groups excluding tert-OH is 1. The van der Waals surface area contributed by atoms with Crippen LogP contribution in [0.4, 0.5) is 0 Å². The highest BCUT2D eigenvalue weighted by Gasteiger charge is 2.26. The highest BCUT2D eigenvalue weighted by atomic mass is 16.5. The molecule has 0 saturated heterocycles. The van der Waals surface area contributed by atoms with E-state index in [9.17, 15) is 5.11 Å². The van der Waals surface area contributed by atoms with Crippen molar-refractivity contribution in [3.05, 3.63) is 0 Å². The average molecular weight is 275 g/mol. The molecular formula is C15H33NO3. The van der Waals surface area contributed by atoms with E-state index in [1.54, 1.807) is 0 Å². The van der Waals surface area contributed by atoms with Crippen LogP contribution in [0.25, 0.3) is 0 Å². The normalized spacial score (nSPS) is 16.9. The van der Waals surface area contributed by atoms with Crippen LogP contribution >= 0.6 is 0 Å². The van der Waals surface area contributed by atoms with E-state index in [0.29, 0.717) is 25.2 Å². The minimum absolute atomic E-state index is 0.103. The molecule has 0 aromatic rings. The summed E-state index contributed by atoms with van der Waals surface area (Å²) >= 11 is 0. The first-order chi connectivity index (χ1) is 8.79. The number of aliphatic hydroxyl groups is 1. The third-order valence-electron chi connectivity index (χ3n) is 2.81. The third-order valence-corrected chi connectivity index (χ3v) is 2.81. The van der Waals surface area contributed by atoms with E-state index < -0.39 is 0 Å². The van der Waals surface area contributed by atoms with Crippen molar-refractivity contribution < 1.29 is 14.6 Å². The number of nitrogens with one attached hydrogen (secondary N) is 1. The van der Waals surface area contributed by atoms with Gasteiger partial charge < -0.3 is 19.9 Å². The van der Waals surface area contributed by atoms with Gasteiger partial charge in [0.25, 0.3) is 0 Å². The van der Waals surface area contributed by atoms with Crippen molar-refractivity contribution in [3.63, 3.8) is 0 Å². The van der Waals surface area contributed by atoms with Gasteiger partial charge in [0.1, 0.15) is 0 Å². The largest absolute Gasteiger partial charge is 0.394 e. The summed E-state index contributed by atoms with van der Waals surface area (Å²) in [5, 5.41) is 12.9. The van der Waals surface area contributed by atoms with Crippen LogP contribution in [0, 0.1) is 5.92 Å². The Balaban J connectivity index is 3.84. The molecule has 0 saturated carbocycles. The molecule has 0 aromatic heterocycles. The van der Waals surface area contributed by atoms with Gasteiger partial charge in [-0.25, -0.2) is 0 Å². The van der Waals surface area contributed by atoms with Crippen LogP contribution in [0.15, 0.2) is 0 Å². The van der Waals surface area contributed by atoms with Gasteiger partial charge in [-0.05, 0) is 26.2 Å². The molecule has 0 heterocycles. The van der Waals surface area contributed by atoms with E-state index in [-0.39, 0.29) is 18.2 Å². The summed E-state index contributed by atoms with van der Waals surface area (Å²) in [7, 11) is 0. The van der Waals surface area contributed by atoms with Gasteiger partial charge in [0.2, 0.25) is 0 Å². The SMILES string of the molecule is CC(C)COCCOC(C)CC(C)(CO)NC(C)C. The van der Waals surface area contributed by atoms with Gasteiger partial charge in [0.15, 0.2) is 0 Å². The van der Waals surface area contributed by atoms with Crippen molar-refractivity contribution in [1.29, 1.82) is 0 Å². The third kappa shape index (κ3) is 10.3. The van der Waals surface area contributed by atoms with Crippen molar-refractivity contribution in [2.75, 3.05) is 26.4 Å². The fraction of sp³-hybridized carbons (Fsp3) is 1.00. The zero-order chi connectivity index (χ0) is 14.9. The number of hydrogen-bond donors (Lipinski definition) is 2. The lowest BCUT2D eigenvalue weighted by molar-refractivity contribution is -0.0120. The van der Waals surface area contributed by atoms with Gasteiger partial charge in [-0.15, -0.1) is 0 Å². The van der Waals surface area contributed by atoms with E-state index in [1.807, 2.05) is 13.8 Å². The van der Waals surface area contributed by atoms with Crippen molar-refractivity contribution in [3.8, 4) is 0 Å². The first-order valence-corrected chi connectivity index (χ1v) is 7.37. The van der Waals surface area contributed by atoms with Gasteiger partial charge in [-0.3, -0.25) is 0 Å². The second-order valence-electron chi connectivity index (χ2n) is 6.37. The van der Waals surface area contributed by atoms with E-state index in [4.69, 9.17) is 9.47 Å². The van der Waals surface area contributed by atoms with Gasteiger partial charge in [0.05, 0.1) is 25.9 Å². The predicted octanol–water partition coefficient (Wildman–Crippen LogP) is 2.20. The molecule has 2 N–H and O–H groups in total. The van der Waals surface area contributed by atoms with Crippen LogP contribution in [0.5, 0.6) is 0 Å². The molecule has 0 fully saturated rings. The molecule has 0 aliphatic rings. The number of ether oxygens (including phenoxy) is 2. The molecule has 0 spiro atoms. The molecule has 0 amide bonds. The Hall–Kier alpha value is -0.160. The maximum atomic E-state index is 9.51. The smallest absolute Gasteiger partial charge is 0.0704 e. The molecule has 19 heavy (non-hydrogen) atoms. The molecule has 0 radical (unpaired) electrons. The van der Waals surface area contributed by atoms with Crippen molar-refractivity contribution in [2.24, 2.45) is 5.92 Å². The molecule has 2 atom stereocenters. The number of rotatable bonds is 11. The molecule has 116 valence electrons. The Morgan fingerprint density at radius 2 is 1.74 bits per heavy atom. The summed E-state index contributed by atoms with van der Waals surface area (Å²) in [5.74, 6) is 0.561. The molecule has 0 rings (SSSR count). The zero-order valence-electron chi connectivity index (χ0n) is 13.5. The van der Waals surface area contributed by atoms with E-state index in [0.717, 1.165) is 13.0 Å². The monoisotopic (exact) mass is 275 g/mol.